The van der Waals surface area contributed by atoms with E-state index in [1.165, 1.54) is 12.3 Å². The molecular weight excluding hydrogens is 373 g/mol. The summed E-state index contributed by atoms with van der Waals surface area (Å²) in [5.74, 6) is -0.374. The molecular formula is C16H18BN3O6S. The Morgan fingerprint density at radius 1 is 1.44 bits per heavy atom. The first-order valence-electron chi connectivity index (χ1n) is 8.13. The highest BCUT2D eigenvalue weighted by Crippen LogP contribution is 2.25. The van der Waals surface area contributed by atoms with Crippen LogP contribution >= 0.6 is 0 Å². The van der Waals surface area contributed by atoms with Crippen LogP contribution in [0, 0.1) is 0 Å². The van der Waals surface area contributed by atoms with E-state index in [-0.39, 0.29) is 35.4 Å². The summed E-state index contributed by atoms with van der Waals surface area (Å²) in [4.78, 5) is 15.6. The average Bonchev–Trinajstić information content (AvgIpc) is 2.95. The summed E-state index contributed by atoms with van der Waals surface area (Å²) in [6.45, 7) is 2.03. The highest BCUT2D eigenvalue weighted by Gasteiger charge is 2.29. The molecule has 1 aromatic carbocycles. The van der Waals surface area contributed by atoms with Crippen molar-refractivity contribution in [2.24, 2.45) is 0 Å². The molecule has 27 heavy (non-hydrogen) atoms. The highest BCUT2D eigenvalue weighted by atomic mass is 32.2. The van der Waals surface area contributed by atoms with Crippen molar-refractivity contribution in [3.05, 3.63) is 41.6 Å². The van der Waals surface area contributed by atoms with Gasteiger partial charge in [-0.3, -0.25) is 5.32 Å². The Balaban J connectivity index is 1.91. The van der Waals surface area contributed by atoms with Crippen LogP contribution in [0.2, 0.25) is 0 Å². The molecule has 9 nitrogen and oxygen atoms in total. The number of fused-ring (bicyclic) bond motifs is 1. The van der Waals surface area contributed by atoms with Gasteiger partial charge in [0, 0.05) is 0 Å². The molecule has 0 unspecified atom stereocenters. The highest BCUT2D eigenvalue weighted by molar-refractivity contribution is 7.90. The van der Waals surface area contributed by atoms with E-state index in [9.17, 15) is 18.2 Å². The molecule has 1 amide bonds. The van der Waals surface area contributed by atoms with Crippen molar-refractivity contribution in [1.82, 2.24) is 4.98 Å². The number of carbonyl (C=O) groups excluding carboxylic acids is 1. The fourth-order valence-electron chi connectivity index (χ4n) is 2.72. The van der Waals surface area contributed by atoms with Crippen LogP contribution < -0.4 is 16.5 Å². The van der Waals surface area contributed by atoms with Gasteiger partial charge in [0.1, 0.15) is 0 Å². The lowest BCUT2D eigenvalue weighted by atomic mass is 9.79. The van der Waals surface area contributed by atoms with E-state index >= 15 is 0 Å². The van der Waals surface area contributed by atoms with Gasteiger partial charge in [0.25, 0.3) is 0 Å². The van der Waals surface area contributed by atoms with Gasteiger partial charge in [-0.2, -0.15) is 0 Å². The van der Waals surface area contributed by atoms with Gasteiger partial charge in [-0.25, -0.2) is 18.2 Å². The van der Waals surface area contributed by atoms with Crippen molar-refractivity contribution in [3.63, 3.8) is 0 Å². The Morgan fingerprint density at radius 3 is 2.96 bits per heavy atom. The molecule has 1 aromatic heterocycles. The maximum Gasteiger partial charge on any atom is 0.491 e. The Labute approximate surface area is 156 Å². The molecule has 0 saturated heterocycles. The van der Waals surface area contributed by atoms with Crippen LogP contribution in [0.4, 0.5) is 16.2 Å². The standard InChI is InChI=1S/C16H18BN3O6S/c1-2-25-16(21)20-14-6-12(18)7-19-15(14)27(23,24)9-10-3-4-11-8-26-17(22)13(11)5-10/h3-7,22H,2,8-9,18H2,1H3,(H,20,21). The largest absolute Gasteiger partial charge is 0.491 e. The number of pyridine rings is 1. The minimum Gasteiger partial charge on any atom is -0.450 e. The second-order valence-electron chi connectivity index (χ2n) is 5.92. The van der Waals surface area contributed by atoms with E-state index in [0.717, 1.165) is 5.56 Å². The van der Waals surface area contributed by atoms with Crippen molar-refractivity contribution < 1.29 is 27.6 Å². The number of amides is 1. The Morgan fingerprint density at radius 2 is 2.22 bits per heavy atom. The third-order valence-electron chi connectivity index (χ3n) is 3.91. The summed E-state index contributed by atoms with van der Waals surface area (Å²) in [6.07, 6.45) is 0.392. The van der Waals surface area contributed by atoms with Crippen molar-refractivity contribution in [3.8, 4) is 0 Å². The number of rotatable bonds is 5. The molecule has 0 saturated carbocycles. The van der Waals surface area contributed by atoms with Gasteiger partial charge >= 0.3 is 13.2 Å². The number of hydrogen-bond donors (Lipinski definition) is 3. The third kappa shape index (κ3) is 4.21. The third-order valence-corrected chi connectivity index (χ3v) is 5.54. The molecule has 1 aliphatic heterocycles. The van der Waals surface area contributed by atoms with Crippen LogP contribution in [0.5, 0.6) is 0 Å². The van der Waals surface area contributed by atoms with Gasteiger partial charge in [0.05, 0.1) is 36.5 Å². The normalized spacial score (nSPS) is 13.3. The summed E-state index contributed by atoms with van der Waals surface area (Å²) in [5, 5.41) is 11.8. The van der Waals surface area contributed by atoms with Crippen molar-refractivity contribution in [2.45, 2.75) is 24.3 Å². The number of hydrogen-bond acceptors (Lipinski definition) is 8. The average molecular weight is 391 g/mol. The Bertz CT molecular complexity index is 982. The van der Waals surface area contributed by atoms with Gasteiger partial charge in [0.15, 0.2) is 5.03 Å². The lowest BCUT2D eigenvalue weighted by molar-refractivity contribution is 0.168. The summed E-state index contributed by atoms with van der Waals surface area (Å²) in [6, 6.07) is 6.25. The number of anilines is 2. The zero-order valence-electron chi connectivity index (χ0n) is 14.5. The lowest BCUT2D eigenvalue weighted by Crippen LogP contribution is -2.28. The predicted octanol–water partition coefficient (Wildman–Crippen LogP) is 0.424. The number of nitrogens with one attached hydrogen (secondary N) is 1. The van der Waals surface area contributed by atoms with Crippen LogP contribution in [0.1, 0.15) is 18.1 Å². The van der Waals surface area contributed by atoms with Crippen LogP contribution in [0.25, 0.3) is 0 Å². The second-order valence-corrected chi connectivity index (χ2v) is 7.83. The van der Waals surface area contributed by atoms with Gasteiger partial charge in [-0.15, -0.1) is 0 Å². The molecule has 0 atom stereocenters. The molecule has 0 aliphatic carbocycles. The molecule has 2 heterocycles. The lowest BCUT2D eigenvalue weighted by Gasteiger charge is -2.12. The molecule has 0 spiro atoms. The van der Waals surface area contributed by atoms with Crippen molar-refractivity contribution in [2.75, 3.05) is 17.7 Å². The Hall–Kier alpha value is -2.63. The van der Waals surface area contributed by atoms with Crippen LogP contribution in [0.3, 0.4) is 0 Å². The predicted molar refractivity (Wildman–Crippen MR) is 99.0 cm³/mol. The molecule has 4 N–H and O–H groups in total. The van der Waals surface area contributed by atoms with E-state index in [4.69, 9.17) is 15.1 Å². The molecule has 1 aliphatic rings. The number of ether oxygens (including phenoxy) is 1. The minimum absolute atomic E-state index is 0.0574. The molecule has 2 aromatic rings. The van der Waals surface area contributed by atoms with Crippen molar-refractivity contribution in [1.29, 1.82) is 0 Å². The number of nitrogens with two attached hydrogens (primary N) is 1. The van der Waals surface area contributed by atoms with E-state index in [0.29, 0.717) is 11.0 Å². The van der Waals surface area contributed by atoms with Crippen molar-refractivity contribution >= 4 is 39.9 Å². The van der Waals surface area contributed by atoms with Crippen LogP contribution in [-0.4, -0.2) is 38.2 Å². The zero-order chi connectivity index (χ0) is 19.6. The Kier molecular flexibility index (Phi) is 5.35. The van der Waals surface area contributed by atoms with E-state index in [1.807, 2.05) is 0 Å². The monoisotopic (exact) mass is 391 g/mol. The molecule has 142 valence electrons. The van der Waals surface area contributed by atoms with Gasteiger partial charge in [-0.1, -0.05) is 18.2 Å². The number of nitrogen functional groups attached to an aromatic ring is 1. The molecule has 0 radical (unpaired) electrons. The van der Waals surface area contributed by atoms with E-state index < -0.39 is 23.0 Å². The topological polar surface area (TPSA) is 141 Å². The van der Waals surface area contributed by atoms with Gasteiger partial charge in [0.2, 0.25) is 9.84 Å². The number of sulfone groups is 1. The van der Waals surface area contributed by atoms with E-state index in [2.05, 4.69) is 10.3 Å². The smallest absolute Gasteiger partial charge is 0.450 e. The first-order valence-corrected chi connectivity index (χ1v) is 9.79. The van der Waals surface area contributed by atoms with Gasteiger partial charge < -0.3 is 20.1 Å². The maximum absolute atomic E-state index is 12.9. The summed E-state index contributed by atoms with van der Waals surface area (Å²) < 4.78 is 35.6. The second kappa shape index (κ2) is 7.55. The first kappa shape index (κ1) is 19.1. The molecule has 3 rings (SSSR count). The summed E-state index contributed by atoms with van der Waals surface area (Å²) in [5.41, 5.74) is 7.60. The van der Waals surface area contributed by atoms with Crippen LogP contribution in [0.15, 0.2) is 35.5 Å². The molecule has 0 fully saturated rings. The quantitative estimate of drug-likeness (QED) is 0.623. The number of carbonyl (C=O) groups is 1. The summed E-state index contributed by atoms with van der Waals surface area (Å²) in [7, 11) is -4.99. The van der Waals surface area contributed by atoms with E-state index in [1.54, 1.807) is 25.1 Å². The molecule has 0 bridgehead atoms. The van der Waals surface area contributed by atoms with Gasteiger partial charge in [-0.05, 0) is 29.6 Å². The first-order chi connectivity index (χ1) is 12.8. The zero-order valence-corrected chi connectivity index (χ0v) is 15.3. The fraction of sp³-hybridized carbons (Fsp3) is 0.250. The SMILES string of the molecule is CCOC(=O)Nc1cc(N)cnc1S(=O)(=O)Cc1ccc2c(c1)B(O)OC2. The number of aromatic nitrogens is 1. The number of nitrogens with zero attached hydrogens (tertiary/aromatic N) is 1. The maximum atomic E-state index is 12.9. The summed E-state index contributed by atoms with van der Waals surface area (Å²) >= 11 is 0. The fourth-order valence-corrected chi connectivity index (χ4v) is 4.14. The van der Waals surface area contributed by atoms with Crippen LogP contribution in [-0.2, 0) is 31.6 Å². The number of benzene rings is 1. The molecule has 11 heteroatoms. The minimum atomic E-state index is -3.92.